The summed E-state index contributed by atoms with van der Waals surface area (Å²) in [5.41, 5.74) is 6.47. The molecular formula is C45H61N5O10. The van der Waals surface area contributed by atoms with E-state index in [1.807, 2.05) is 20.8 Å². The van der Waals surface area contributed by atoms with Crippen molar-refractivity contribution in [3.63, 3.8) is 0 Å². The number of primary amides is 1. The first-order valence-corrected chi connectivity index (χ1v) is 21.1. The van der Waals surface area contributed by atoms with Crippen LogP contribution in [0.3, 0.4) is 0 Å². The number of urea groups is 1. The highest BCUT2D eigenvalue weighted by Gasteiger charge is 2.45. The molecule has 0 spiro atoms. The molecule has 5 amide bonds. The molecule has 1 saturated carbocycles. The van der Waals surface area contributed by atoms with Crippen LogP contribution in [0.2, 0.25) is 0 Å². The van der Waals surface area contributed by atoms with E-state index >= 15 is 0 Å². The Hall–Kier alpha value is -5.60. The summed E-state index contributed by atoms with van der Waals surface area (Å²) in [6.45, 7) is 5.86. The first-order valence-electron chi connectivity index (χ1n) is 21.1. The van der Waals surface area contributed by atoms with E-state index in [9.17, 15) is 38.4 Å². The second-order valence-corrected chi connectivity index (χ2v) is 16.3. The zero-order valence-electron chi connectivity index (χ0n) is 35.2. The Morgan fingerprint density at radius 2 is 1.57 bits per heavy atom. The van der Waals surface area contributed by atoms with Crippen LogP contribution in [0.5, 0.6) is 5.75 Å². The summed E-state index contributed by atoms with van der Waals surface area (Å²) in [5.74, 6) is -5.54. The van der Waals surface area contributed by atoms with Crippen LogP contribution in [-0.2, 0) is 38.3 Å². The quantitative estimate of drug-likeness (QED) is 0.0897. The molecule has 1 aliphatic heterocycles. The molecule has 1 saturated heterocycles. The molecule has 2 fully saturated rings. The number of Topliss-reactive ketones (excluding diaryl/α,β-unsaturated/α-hetero) is 3. The number of esters is 1. The average molecular weight is 832 g/mol. The van der Waals surface area contributed by atoms with Crippen LogP contribution in [0.4, 0.5) is 10.5 Å². The van der Waals surface area contributed by atoms with Crippen molar-refractivity contribution < 1.29 is 47.8 Å². The van der Waals surface area contributed by atoms with Crippen LogP contribution >= 0.6 is 0 Å². The van der Waals surface area contributed by atoms with Crippen LogP contribution in [-0.4, -0.2) is 84.3 Å². The number of likely N-dealkylation sites (tertiary alicyclic amines) is 1. The number of nitrogens with zero attached hydrogens (tertiary/aromatic N) is 1. The Morgan fingerprint density at radius 1 is 0.883 bits per heavy atom. The summed E-state index contributed by atoms with van der Waals surface area (Å²) in [7, 11) is 1.53. The molecule has 1 heterocycles. The number of nitrogens with two attached hydrogens (primary N) is 1. The van der Waals surface area contributed by atoms with E-state index in [4.69, 9.17) is 15.2 Å². The van der Waals surface area contributed by atoms with Gasteiger partial charge in [0.1, 0.15) is 11.8 Å². The van der Waals surface area contributed by atoms with Gasteiger partial charge in [-0.05, 0) is 67.3 Å². The minimum atomic E-state index is -1.12. The Labute approximate surface area is 352 Å². The Kier molecular flexibility index (Phi) is 18.3. The minimum absolute atomic E-state index is 0.00868. The zero-order valence-corrected chi connectivity index (χ0v) is 35.2. The van der Waals surface area contributed by atoms with Crippen molar-refractivity contribution >= 4 is 52.8 Å². The third-order valence-corrected chi connectivity index (χ3v) is 11.2. The second-order valence-electron chi connectivity index (χ2n) is 16.3. The molecule has 1 aliphatic carbocycles. The molecule has 5 N–H and O–H groups in total. The normalized spacial score (nSPS) is 18.1. The molecule has 0 bridgehead atoms. The van der Waals surface area contributed by atoms with Gasteiger partial charge in [-0.2, -0.15) is 0 Å². The second kappa shape index (κ2) is 23.3. The molecule has 2 aromatic rings. The summed E-state index contributed by atoms with van der Waals surface area (Å²) in [5, 5.41) is 8.17. The highest BCUT2D eigenvalue weighted by Crippen LogP contribution is 2.36. The average Bonchev–Trinajstić information content (AvgIpc) is 3.66. The van der Waals surface area contributed by atoms with Crippen LogP contribution in [0.1, 0.15) is 109 Å². The van der Waals surface area contributed by atoms with E-state index in [0.717, 1.165) is 32.1 Å². The van der Waals surface area contributed by atoms with Gasteiger partial charge in [-0.3, -0.25) is 33.6 Å². The lowest BCUT2D eigenvalue weighted by Crippen LogP contribution is -2.47. The molecule has 0 radical (unpaired) electrons. The number of hydrogen-bond acceptors (Lipinski definition) is 10. The molecule has 1 unspecified atom stereocenters. The van der Waals surface area contributed by atoms with E-state index in [0.29, 0.717) is 23.4 Å². The maximum Gasteiger partial charge on any atom is 0.319 e. The molecule has 0 aromatic heterocycles. The summed E-state index contributed by atoms with van der Waals surface area (Å²) >= 11 is 0. The largest absolute Gasteiger partial charge is 0.497 e. The van der Waals surface area contributed by atoms with E-state index in [1.165, 1.54) is 12.0 Å². The molecule has 5 atom stereocenters. The van der Waals surface area contributed by atoms with Crippen molar-refractivity contribution in [2.45, 2.75) is 116 Å². The fraction of sp³-hybridized carbons (Fsp3) is 0.556. The van der Waals surface area contributed by atoms with Gasteiger partial charge < -0.3 is 36.1 Å². The molecule has 15 nitrogen and oxygen atoms in total. The maximum atomic E-state index is 14.7. The van der Waals surface area contributed by atoms with Crippen LogP contribution < -0.4 is 26.4 Å². The number of hydrogen-bond donors (Lipinski definition) is 4. The third-order valence-electron chi connectivity index (χ3n) is 11.2. The van der Waals surface area contributed by atoms with Gasteiger partial charge in [-0.1, -0.05) is 76.8 Å². The molecule has 4 rings (SSSR count). The standard InChI is InChI=1S/C45H61N5O10/c1-5-12-31(42(55)37(51)21-22-39(53)49-41(43(46)56)30-15-10-7-11-16-30)23-38(52)36-24-33(48-45(58)47-32-17-19-34(59-4)20-18-32)26-50(36)44(57)35(29-13-8-6-9-14-29)25-40(54)60-27-28(2)3/h7,10-11,15-20,28-29,31,33,35-36,41H,5-6,8-9,12-14,21-27H2,1-4H3,(H2,46,56)(H,49,53)(H2,47,48,58)/t31?,33-,35+,36+,41+/m1/s1. The number of amides is 5. The number of nitrogens with one attached hydrogen (secondary N) is 3. The van der Waals surface area contributed by atoms with Gasteiger partial charge in [-0.25, -0.2) is 4.79 Å². The Morgan fingerprint density at radius 3 is 2.18 bits per heavy atom. The van der Waals surface area contributed by atoms with Gasteiger partial charge in [0.05, 0.1) is 38.1 Å². The lowest BCUT2D eigenvalue weighted by atomic mass is 9.77. The molecule has 326 valence electrons. The summed E-state index contributed by atoms with van der Waals surface area (Å²) in [4.78, 5) is 109. The lowest BCUT2D eigenvalue weighted by Gasteiger charge is -2.34. The first-order chi connectivity index (χ1) is 28.7. The zero-order chi connectivity index (χ0) is 43.8. The topological polar surface area (TPSA) is 220 Å². The minimum Gasteiger partial charge on any atom is -0.497 e. The van der Waals surface area contributed by atoms with Gasteiger partial charge in [0.15, 0.2) is 11.6 Å². The molecule has 60 heavy (non-hydrogen) atoms. The van der Waals surface area contributed by atoms with Crippen molar-refractivity contribution in [1.29, 1.82) is 0 Å². The Bertz CT molecular complexity index is 1810. The number of carbonyl (C=O) groups is 8. The van der Waals surface area contributed by atoms with E-state index < -0.39 is 77.5 Å². The maximum absolute atomic E-state index is 14.7. The van der Waals surface area contributed by atoms with E-state index in [1.54, 1.807) is 54.6 Å². The number of carbonyl (C=O) groups excluding carboxylic acids is 8. The molecule has 15 heteroatoms. The van der Waals surface area contributed by atoms with Crippen molar-refractivity contribution in [2.24, 2.45) is 29.4 Å². The van der Waals surface area contributed by atoms with Crippen molar-refractivity contribution in [3.8, 4) is 5.75 Å². The summed E-state index contributed by atoms with van der Waals surface area (Å²) < 4.78 is 10.7. The fourth-order valence-electron chi connectivity index (χ4n) is 8.05. The fourth-order valence-corrected chi connectivity index (χ4v) is 8.05. The van der Waals surface area contributed by atoms with Crippen molar-refractivity contribution in [1.82, 2.24) is 15.5 Å². The number of benzene rings is 2. The monoisotopic (exact) mass is 831 g/mol. The van der Waals surface area contributed by atoms with Gasteiger partial charge in [0.25, 0.3) is 0 Å². The predicted molar refractivity (Wildman–Crippen MR) is 223 cm³/mol. The van der Waals surface area contributed by atoms with Crippen LogP contribution in [0, 0.1) is 23.7 Å². The number of methoxy groups -OCH3 is 1. The number of rotatable bonds is 22. The number of ether oxygens (including phenoxy) is 2. The number of anilines is 1. The number of ketones is 3. The molecule has 2 aromatic carbocycles. The summed E-state index contributed by atoms with van der Waals surface area (Å²) in [6.07, 6.45) is 3.74. The van der Waals surface area contributed by atoms with Gasteiger partial charge in [0, 0.05) is 37.4 Å². The van der Waals surface area contributed by atoms with Gasteiger partial charge >= 0.3 is 12.0 Å². The predicted octanol–water partition coefficient (Wildman–Crippen LogP) is 5.21. The van der Waals surface area contributed by atoms with E-state index in [-0.39, 0.29) is 63.0 Å². The molecular weight excluding hydrogens is 771 g/mol. The molecule has 2 aliphatic rings. The van der Waals surface area contributed by atoms with E-state index in [2.05, 4.69) is 16.0 Å². The highest BCUT2D eigenvalue weighted by molar-refractivity contribution is 6.38. The van der Waals surface area contributed by atoms with Gasteiger partial charge in [-0.15, -0.1) is 0 Å². The lowest BCUT2D eigenvalue weighted by molar-refractivity contribution is -0.152. The summed E-state index contributed by atoms with van der Waals surface area (Å²) in [6, 6.07) is 11.7. The Balaban J connectivity index is 1.51. The smallest absolute Gasteiger partial charge is 0.319 e. The van der Waals surface area contributed by atoms with Crippen molar-refractivity contribution in [2.75, 3.05) is 25.6 Å². The van der Waals surface area contributed by atoms with Crippen molar-refractivity contribution in [3.05, 3.63) is 60.2 Å². The van der Waals surface area contributed by atoms with Crippen LogP contribution in [0.15, 0.2) is 54.6 Å². The van der Waals surface area contributed by atoms with Gasteiger partial charge in [0.2, 0.25) is 23.5 Å². The van der Waals surface area contributed by atoms with Crippen LogP contribution in [0.25, 0.3) is 0 Å². The SMILES string of the molecule is CCCC(CC(=O)[C@@H]1C[C@@H](NC(=O)Nc2ccc(OC)cc2)CN1C(=O)[C@@H](CC(=O)OCC(C)C)C1CCCCC1)C(=O)C(=O)CCC(=O)N[C@H](C(N)=O)c1ccccc1. The third kappa shape index (κ3) is 14.0. The first kappa shape index (κ1) is 47.1. The highest BCUT2D eigenvalue weighted by atomic mass is 16.5.